The van der Waals surface area contributed by atoms with Crippen molar-refractivity contribution >= 4 is 50.8 Å². The van der Waals surface area contributed by atoms with Crippen LogP contribution in [0.2, 0.25) is 0 Å². The van der Waals surface area contributed by atoms with Crippen molar-refractivity contribution in [1.82, 2.24) is 4.98 Å². The molecule has 0 spiro atoms. The molecule has 0 radical (unpaired) electrons. The highest BCUT2D eigenvalue weighted by Crippen LogP contribution is 2.42. The van der Waals surface area contributed by atoms with Crippen LogP contribution in [0.5, 0.6) is 5.75 Å². The number of hydrogen-bond acceptors (Lipinski definition) is 6. The summed E-state index contributed by atoms with van der Waals surface area (Å²) in [4.78, 5) is 30.4. The zero-order valence-corrected chi connectivity index (χ0v) is 17.2. The Bertz CT molecular complexity index is 1130. The monoisotopic (exact) mass is 452 g/mol. The number of carbonyl (C=O) groups excluding carboxylic acids is 2. The molecule has 1 aliphatic heterocycles. The molecule has 156 valence electrons. The highest BCUT2D eigenvalue weighted by molar-refractivity contribution is 8.02. The normalized spacial score (nSPS) is 17.2. The van der Waals surface area contributed by atoms with Crippen LogP contribution in [0.1, 0.15) is 18.9 Å². The fourth-order valence-corrected chi connectivity index (χ4v) is 5.53. The second-order valence-electron chi connectivity index (χ2n) is 6.44. The minimum atomic E-state index is -4.67. The molecule has 10 heteroatoms. The number of thioether (sulfide) groups is 1. The molecule has 30 heavy (non-hydrogen) atoms. The van der Waals surface area contributed by atoms with Gasteiger partial charge in [0.25, 0.3) is 0 Å². The number of ether oxygens (including phenoxy) is 1. The van der Waals surface area contributed by atoms with Crippen LogP contribution in [0.25, 0.3) is 10.2 Å². The summed E-state index contributed by atoms with van der Waals surface area (Å²) in [5, 5.41) is -0.828. The molecule has 1 aromatic heterocycles. The number of thiazole rings is 1. The molecule has 0 saturated carbocycles. The summed E-state index contributed by atoms with van der Waals surface area (Å²) < 4.78 is 46.9. The SMILES string of the molecule is CCOc1ccc2nc(SC3CC(=O)N(c4ccccc4C(F)(F)F)C3=O)sc2c1. The van der Waals surface area contributed by atoms with Gasteiger partial charge in [0.05, 0.1) is 28.1 Å². The third-order valence-corrected chi connectivity index (χ3v) is 6.75. The Morgan fingerprint density at radius 3 is 2.73 bits per heavy atom. The third kappa shape index (κ3) is 3.89. The first-order chi connectivity index (χ1) is 14.3. The first-order valence-electron chi connectivity index (χ1n) is 9.01. The Morgan fingerprint density at radius 1 is 1.23 bits per heavy atom. The molecule has 1 saturated heterocycles. The van der Waals surface area contributed by atoms with E-state index in [9.17, 15) is 22.8 Å². The maximum atomic E-state index is 13.3. The van der Waals surface area contributed by atoms with E-state index in [0.717, 1.165) is 34.1 Å². The number of anilines is 1. The van der Waals surface area contributed by atoms with Gasteiger partial charge in [-0.15, -0.1) is 11.3 Å². The molecule has 1 atom stereocenters. The smallest absolute Gasteiger partial charge is 0.418 e. The number of fused-ring (bicyclic) bond motifs is 1. The van der Waals surface area contributed by atoms with Crippen LogP contribution in [0.15, 0.2) is 46.8 Å². The molecule has 0 N–H and O–H groups in total. The summed E-state index contributed by atoms with van der Waals surface area (Å²) in [6, 6.07) is 10.0. The maximum Gasteiger partial charge on any atom is 0.418 e. The second-order valence-corrected chi connectivity index (χ2v) is 8.92. The Labute approximate surface area is 177 Å². The number of rotatable bonds is 5. The lowest BCUT2D eigenvalue weighted by molar-refractivity contribution is -0.137. The zero-order valence-electron chi connectivity index (χ0n) is 15.6. The van der Waals surface area contributed by atoms with Gasteiger partial charge in [-0.1, -0.05) is 23.9 Å². The molecular weight excluding hydrogens is 437 g/mol. The maximum absolute atomic E-state index is 13.3. The van der Waals surface area contributed by atoms with Crippen molar-refractivity contribution in [1.29, 1.82) is 0 Å². The number of imide groups is 1. The predicted molar refractivity (Wildman–Crippen MR) is 109 cm³/mol. The van der Waals surface area contributed by atoms with Gasteiger partial charge in [0.2, 0.25) is 11.8 Å². The number of carbonyl (C=O) groups is 2. The molecule has 0 bridgehead atoms. The average Bonchev–Trinajstić information content (AvgIpc) is 3.21. The Hall–Kier alpha value is -2.59. The number of alkyl halides is 3. The molecule has 3 aromatic rings. The number of benzene rings is 2. The van der Waals surface area contributed by atoms with Crippen molar-refractivity contribution in [3.8, 4) is 5.75 Å². The first-order valence-corrected chi connectivity index (χ1v) is 10.7. The molecule has 0 aliphatic carbocycles. The lowest BCUT2D eigenvalue weighted by Crippen LogP contribution is -2.33. The van der Waals surface area contributed by atoms with Gasteiger partial charge in [-0.05, 0) is 37.3 Å². The topological polar surface area (TPSA) is 59.5 Å². The van der Waals surface area contributed by atoms with E-state index in [0.29, 0.717) is 21.6 Å². The minimum absolute atomic E-state index is 0.185. The van der Waals surface area contributed by atoms with Gasteiger partial charge >= 0.3 is 6.18 Å². The standard InChI is InChI=1S/C20H15F3N2O3S2/c1-2-28-11-7-8-13-15(9-11)29-19(24-13)30-16-10-17(26)25(18(16)27)14-6-4-3-5-12(14)20(21,22)23/h3-9,16H,2,10H2,1H3. The van der Waals surface area contributed by atoms with E-state index in [1.165, 1.54) is 23.5 Å². The predicted octanol–water partition coefficient (Wildman–Crippen LogP) is 5.14. The van der Waals surface area contributed by atoms with Crippen LogP contribution >= 0.6 is 23.1 Å². The van der Waals surface area contributed by atoms with E-state index in [1.807, 2.05) is 13.0 Å². The summed E-state index contributed by atoms with van der Waals surface area (Å²) >= 11 is 2.43. The molecule has 2 heterocycles. The van der Waals surface area contributed by atoms with Gasteiger partial charge in [0.1, 0.15) is 11.0 Å². The molecule has 4 rings (SSSR count). The van der Waals surface area contributed by atoms with E-state index >= 15 is 0 Å². The molecule has 2 amide bonds. The second kappa shape index (κ2) is 7.92. The summed E-state index contributed by atoms with van der Waals surface area (Å²) in [6.07, 6.45) is -4.86. The highest BCUT2D eigenvalue weighted by Gasteiger charge is 2.44. The van der Waals surface area contributed by atoms with Gasteiger partial charge in [0, 0.05) is 6.42 Å². The van der Waals surface area contributed by atoms with Crippen LogP contribution in [-0.4, -0.2) is 28.7 Å². The lowest BCUT2D eigenvalue weighted by atomic mass is 10.1. The van der Waals surface area contributed by atoms with Gasteiger partial charge in [0.15, 0.2) is 4.34 Å². The molecule has 1 fully saturated rings. The Balaban J connectivity index is 1.59. The van der Waals surface area contributed by atoms with Crippen molar-refractivity contribution in [2.45, 2.75) is 29.1 Å². The minimum Gasteiger partial charge on any atom is -0.494 e. The van der Waals surface area contributed by atoms with Crippen molar-refractivity contribution in [3.05, 3.63) is 48.0 Å². The number of amides is 2. The summed E-state index contributed by atoms with van der Waals surface area (Å²) in [7, 11) is 0. The first kappa shape index (κ1) is 20.7. The lowest BCUT2D eigenvalue weighted by Gasteiger charge is -2.19. The number of aromatic nitrogens is 1. The van der Waals surface area contributed by atoms with Gasteiger partial charge < -0.3 is 4.74 Å². The summed E-state index contributed by atoms with van der Waals surface area (Å²) in [6.45, 7) is 2.41. The van der Waals surface area contributed by atoms with Gasteiger partial charge in [-0.3, -0.25) is 9.59 Å². The zero-order chi connectivity index (χ0) is 21.5. The van der Waals surface area contributed by atoms with E-state index < -0.39 is 34.5 Å². The van der Waals surface area contributed by atoms with Gasteiger partial charge in [-0.2, -0.15) is 13.2 Å². The summed E-state index contributed by atoms with van der Waals surface area (Å²) in [5.41, 5.74) is -0.725. The molecule has 1 aliphatic rings. The van der Waals surface area contributed by atoms with E-state index in [2.05, 4.69) is 4.98 Å². The van der Waals surface area contributed by atoms with Crippen molar-refractivity contribution in [2.24, 2.45) is 0 Å². The van der Waals surface area contributed by atoms with Crippen molar-refractivity contribution in [3.63, 3.8) is 0 Å². The molecule has 2 aromatic carbocycles. The largest absolute Gasteiger partial charge is 0.494 e. The van der Waals surface area contributed by atoms with Crippen LogP contribution < -0.4 is 9.64 Å². The highest BCUT2D eigenvalue weighted by atomic mass is 32.2. The molecule has 1 unspecified atom stereocenters. The van der Waals surface area contributed by atoms with Crippen molar-refractivity contribution < 1.29 is 27.5 Å². The van der Waals surface area contributed by atoms with Crippen LogP contribution in [-0.2, 0) is 15.8 Å². The average molecular weight is 452 g/mol. The number of halogens is 3. The van der Waals surface area contributed by atoms with Gasteiger partial charge in [-0.25, -0.2) is 9.88 Å². The number of para-hydroxylation sites is 1. The molecular formula is C20H15F3N2O3S2. The Kier molecular flexibility index (Phi) is 5.46. The van der Waals surface area contributed by atoms with E-state index in [4.69, 9.17) is 4.74 Å². The van der Waals surface area contributed by atoms with Crippen LogP contribution in [0.4, 0.5) is 18.9 Å². The van der Waals surface area contributed by atoms with Crippen LogP contribution in [0.3, 0.4) is 0 Å². The number of hydrogen-bond donors (Lipinski definition) is 0. The van der Waals surface area contributed by atoms with E-state index in [1.54, 1.807) is 12.1 Å². The molecule has 5 nitrogen and oxygen atoms in total. The third-order valence-electron chi connectivity index (χ3n) is 4.45. The van der Waals surface area contributed by atoms with Crippen molar-refractivity contribution in [2.75, 3.05) is 11.5 Å². The van der Waals surface area contributed by atoms with Crippen LogP contribution in [0, 0.1) is 0 Å². The summed E-state index contributed by atoms with van der Waals surface area (Å²) in [5.74, 6) is -0.628. The number of nitrogens with zero attached hydrogens (tertiary/aromatic N) is 2. The fourth-order valence-electron chi connectivity index (χ4n) is 3.17. The quantitative estimate of drug-likeness (QED) is 0.502. The Morgan fingerprint density at radius 2 is 2.00 bits per heavy atom. The van der Waals surface area contributed by atoms with E-state index in [-0.39, 0.29) is 6.42 Å². The fraction of sp³-hybridized carbons (Fsp3) is 0.250.